The Bertz CT molecular complexity index is 701. The average molecular weight is 241 g/mol. The Balaban J connectivity index is 2.26. The standard InChI is InChI=1S/C13H11N3O2/c1-8-6-11(13(18)12(17)7-8)16-14-9-4-2-3-5-10(9)15-16/h2-7,17-18H,1H3. The number of phenolic OH excluding ortho intramolecular Hbond substituents is 2. The molecule has 0 aliphatic carbocycles. The van der Waals surface area contributed by atoms with Crippen molar-refractivity contribution in [2.75, 3.05) is 0 Å². The van der Waals surface area contributed by atoms with Gasteiger partial charge in [0.15, 0.2) is 11.5 Å². The van der Waals surface area contributed by atoms with Crippen LogP contribution in [0.2, 0.25) is 0 Å². The number of aromatic hydroxyl groups is 2. The van der Waals surface area contributed by atoms with Gasteiger partial charge in [-0.15, -0.1) is 15.0 Å². The maximum atomic E-state index is 9.85. The molecule has 1 aromatic heterocycles. The summed E-state index contributed by atoms with van der Waals surface area (Å²) in [6, 6.07) is 10.6. The normalized spacial score (nSPS) is 10.9. The summed E-state index contributed by atoms with van der Waals surface area (Å²) in [5.74, 6) is -0.396. The minimum Gasteiger partial charge on any atom is -0.504 e. The van der Waals surface area contributed by atoms with E-state index in [2.05, 4.69) is 10.2 Å². The molecule has 2 aromatic carbocycles. The van der Waals surface area contributed by atoms with E-state index in [1.165, 1.54) is 10.9 Å². The molecule has 2 N–H and O–H groups in total. The van der Waals surface area contributed by atoms with Crippen molar-refractivity contribution in [3.63, 3.8) is 0 Å². The summed E-state index contributed by atoms with van der Waals surface area (Å²) in [4.78, 5) is 1.33. The first kappa shape index (κ1) is 10.6. The third kappa shape index (κ3) is 1.57. The Kier molecular flexibility index (Phi) is 2.19. The van der Waals surface area contributed by atoms with E-state index in [0.29, 0.717) is 5.69 Å². The summed E-state index contributed by atoms with van der Waals surface area (Å²) in [5, 5.41) is 28.0. The van der Waals surface area contributed by atoms with Crippen LogP contribution in [0, 0.1) is 6.92 Å². The van der Waals surface area contributed by atoms with Crippen molar-refractivity contribution >= 4 is 11.0 Å². The van der Waals surface area contributed by atoms with E-state index in [1.54, 1.807) is 6.07 Å². The van der Waals surface area contributed by atoms with E-state index in [9.17, 15) is 10.2 Å². The number of hydrogen-bond acceptors (Lipinski definition) is 4. The third-order valence-corrected chi connectivity index (χ3v) is 2.72. The highest BCUT2D eigenvalue weighted by Crippen LogP contribution is 2.32. The molecule has 0 amide bonds. The fourth-order valence-electron chi connectivity index (χ4n) is 1.86. The van der Waals surface area contributed by atoms with Crippen molar-refractivity contribution in [2.24, 2.45) is 0 Å². The molecule has 0 saturated heterocycles. The molecule has 0 bridgehead atoms. The van der Waals surface area contributed by atoms with Crippen LogP contribution in [-0.4, -0.2) is 25.2 Å². The van der Waals surface area contributed by atoms with Crippen molar-refractivity contribution in [1.29, 1.82) is 0 Å². The number of aromatic nitrogens is 3. The van der Waals surface area contributed by atoms with Gasteiger partial charge in [0.2, 0.25) is 0 Å². The van der Waals surface area contributed by atoms with E-state index >= 15 is 0 Å². The maximum absolute atomic E-state index is 9.85. The van der Waals surface area contributed by atoms with Gasteiger partial charge < -0.3 is 10.2 Å². The van der Waals surface area contributed by atoms with Crippen LogP contribution in [0.4, 0.5) is 0 Å². The second kappa shape index (κ2) is 3.73. The number of fused-ring (bicyclic) bond motifs is 1. The molecule has 1 heterocycles. The molecule has 3 rings (SSSR count). The zero-order chi connectivity index (χ0) is 12.7. The highest BCUT2D eigenvalue weighted by molar-refractivity contribution is 5.73. The molecule has 3 aromatic rings. The third-order valence-electron chi connectivity index (χ3n) is 2.72. The highest BCUT2D eigenvalue weighted by atomic mass is 16.3. The van der Waals surface area contributed by atoms with Gasteiger partial charge in [0.05, 0.1) is 0 Å². The smallest absolute Gasteiger partial charge is 0.185 e. The van der Waals surface area contributed by atoms with Crippen LogP contribution in [-0.2, 0) is 0 Å². The van der Waals surface area contributed by atoms with Crippen LogP contribution in [0.3, 0.4) is 0 Å². The quantitative estimate of drug-likeness (QED) is 0.640. The number of aryl methyl sites for hydroxylation is 1. The predicted molar refractivity (Wildman–Crippen MR) is 66.9 cm³/mol. The van der Waals surface area contributed by atoms with E-state index in [4.69, 9.17) is 0 Å². The molecule has 0 saturated carbocycles. The number of hydrogen-bond donors (Lipinski definition) is 2. The van der Waals surface area contributed by atoms with Gasteiger partial charge in [0.1, 0.15) is 16.7 Å². The van der Waals surface area contributed by atoms with Crippen molar-refractivity contribution in [3.05, 3.63) is 42.0 Å². The van der Waals surface area contributed by atoms with Crippen LogP contribution in [0.1, 0.15) is 5.56 Å². The number of nitrogens with zero attached hydrogens (tertiary/aromatic N) is 3. The monoisotopic (exact) mass is 241 g/mol. The van der Waals surface area contributed by atoms with Crippen LogP contribution in [0.5, 0.6) is 11.5 Å². The van der Waals surface area contributed by atoms with Crippen LogP contribution < -0.4 is 0 Å². The molecular formula is C13H11N3O2. The summed E-state index contributed by atoms with van der Waals surface area (Å²) in [5.41, 5.74) is 2.65. The number of benzene rings is 2. The molecule has 0 spiro atoms. The van der Waals surface area contributed by atoms with Crippen LogP contribution >= 0.6 is 0 Å². The highest BCUT2D eigenvalue weighted by Gasteiger charge is 2.12. The van der Waals surface area contributed by atoms with Gasteiger partial charge in [-0.25, -0.2) is 0 Å². The van der Waals surface area contributed by atoms with Gasteiger partial charge in [-0.05, 0) is 36.8 Å². The van der Waals surface area contributed by atoms with Crippen molar-refractivity contribution in [3.8, 4) is 17.2 Å². The molecular weight excluding hydrogens is 230 g/mol. The SMILES string of the molecule is Cc1cc(O)c(O)c(-n2nc3ccccc3n2)c1. The van der Waals surface area contributed by atoms with E-state index < -0.39 is 0 Å². The van der Waals surface area contributed by atoms with Gasteiger partial charge >= 0.3 is 0 Å². The van der Waals surface area contributed by atoms with E-state index in [1.807, 2.05) is 31.2 Å². The maximum Gasteiger partial charge on any atom is 0.185 e. The van der Waals surface area contributed by atoms with Crippen LogP contribution in [0.15, 0.2) is 36.4 Å². The number of phenols is 2. The van der Waals surface area contributed by atoms with Gasteiger partial charge in [-0.3, -0.25) is 0 Å². The second-order valence-electron chi connectivity index (χ2n) is 4.13. The Morgan fingerprint density at radius 2 is 1.61 bits per heavy atom. The zero-order valence-electron chi connectivity index (χ0n) is 9.70. The molecule has 90 valence electrons. The van der Waals surface area contributed by atoms with Crippen molar-refractivity contribution in [1.82, 2.24) is 15.0 Å². The molecule has 0 unspecified atom stereocenters. The molecule has 0 aliphatic heterocycles. The summed E-state index contributed by atoms with van der Waals surface area (Å²) in [6.45, 7) is 1.83. The Morgan fingerprint density at radius 1 is 1.00 bits per heavy atom. The van der Waals surface area contributed by atoms with E-state index in [0.717, 1.165) is 16.6 Å². The molecule has 5 nitrogen and oxygen atoms in total. The Hall–Kier alpha value is -2.56. The van der Waals surface area contributed by atoms with Gasteiger partial charge in [-0.1, -0.05) is 12.1 Å². The van der Waals surface area contributed by atoms with Crippen LogP contribution in [0.25, 0.3) is 16.7 Å². The first-order valence-corrected chi connectivity index (χ1v) is 5.50. The fraction of sp³-hybridized carbons (Fsp3) is 0.0769. The first-order chi connectivity index (χ1) is 8.65. The predicted octanol–water partition coefficient (Wildman–Crippen LogP) is 2.14. The molecule has 18 heavy (non-hydrogen) atoms. The van der Waals surface area contributed by atoms with Crippen molar-refractivity contribution < 1.29 is 10.2 Å². The summed E-state index contributed by atoms with van der Waals surface area (Å²) >= 11 is 0. The molecule has 0 radical (unpaired) electrons. The Morgan fingerprint density at radius 3 is 2.22 bits per heavy atom. The fourth-order valence-corrected chi connectivity index (χ4v) is 1.86. The zero-order valence-corrected chi connectivity index (χ0v) is 9.70. The lowest BCUT2D eigenvalue weighted by Crippen LogP contribution is -1.99. The first-order valence-electron chi connectivity index (χ1n) is 5.50. The number of rotatable bonds is 1. The lowest BCUT2D eigenvalue weighted by molar-refractivity contribution is 0.399. The van der Waals surface area contributed by atoms with Gasteiger partial charge in [-0.2, -0.15) is 0 Å². The van der Waals surface area contributed by atoms with Gasteiger partial charge in [0.25, 0.3) is 0 Å². The van der Waals surface area contributed by atoms with Crippen molar-refractivity contribution in [2.45, 2.75) is 6.92 Å². The minimum absolute atomic E-state index is 0.175. The molecule has 0 aliphatic rings. The molecule has 5 heteroatoms. The molecule has 0 fully saturated rings. The largest absolute Gasteiger partial charge is 0.504 e. The lowest BCUT2D eigenvalue weighted by atomic mass is 10.2. The summed E-state index contributed by atoms with van der Waals surface area (Å²) in [7, 11) is 0. The minimum atomic E-state index is -0.221. The summed E-state index contributed by atoms with van der Waals surface area (Å²) in [6.07, 6.45) is 0. The average Bonchev–Trinajstić information content (AvgIpc) is 2.77. The van der Waals surface area contributed by atoms with E-state index in [-0.39, 0.29) is 11.5 Å². The topological polar surface area (TPSA) is 71.2 Å². The second-order valence-corrected chi connectivity index (χ2v) is 4.13. The summed E-state index contributed by atoms with van der Waals surface area (Å²) < 4.78 is 0. The van der Waals surface area contributed by atoms with Gasteiger partial charge in [0, 0.05) is 0 Å². The lowest BCUT2D eigenvalue weighted by Gasteiger charge is -2.06. The molecule has 0 atom stereocenters. The Labute approximate surface area is 103 Å².